The van der Waals surface area contributed by atoms with Gasteiger partial charge in [-0.15, -0.1) is 0 Å². The van der Waals surface area contributed by atoms with Gasteiger partial charge in [-0.25, -0.2) is 0 Å². The molecule has 0 bridgehead atoms. The van der Waals surface area contributed by atoms with Crippen LogP contribution in [-0.2, 0) is 6.54 Å². The van der Waals surface area contributed by atoms with Crippen molar-refractivity contribution in [2.24, 2.45) is 5.73 Å². The smallest absolute Gasteiger partial charge is 0.422 e. The Morgan fingerprint density at radius 1 is 1.20 bits per heavy atom. The summed E-state index contributed by atoms with van der Waals surface area (Å²) in [6.45, 7) is 0.672. The molecule has 1 aliphatic rings. The van der Waals surface area contributed by atoms with Gasteiger partial charge >= 0.3 is 6.18 Å². The summed E-state index contributed by atoms with van der Waals surface area (Å²) in [5.74, 6) is 0.631. The first-order valence-corrected chi connectivity index (χ1v) is 6.64. The Morgan fingerprint density at radius 3 is 2.50 bits per heavy atom. The van der Waals surface area contributed by atoms with Crippen molar-refractivity contribution in [1.29, 1.82) is 0 Å². The largest absolute Gasteiger partial charge is 0.468 e. The number of rotatable bonds is 4. The van der Waals surface area contributed by atoms with Crippen LogP contribution >= 0.6 is 0 Å². The van der Waals surface area contributed by atoms with Crippen LogP contribution in [0.15, 0.2) is 12.1 Å². The molecular formula is C13H18F3N3O. The first-order valence-electron chi connectivity index (χ1n) is 6.64. The molecule has 4 nitrogen and oxygen atoms in total. The van der Waals surface area contributed by atoms with Crippen molar-refractivity contribution < 1.29 is 17.9 Å². The fourth-order valence-corrected chi connectivity index (χ4v) is 2.23. The number of anilines is 1. The Balaban J connectivity index is 2.15. The molecule has 0 amide bonds. The van der Waals surface area contributed by atoms with Gasteiger partial charge in [-0.2, -0.15) is 18.2 Å². The van der Waals surface area contributed by atoms with Gasteiger partial charge in [0.25, 0.3) is 0 Å². The zero-order valence-electron chi connectivity index (χ0n) is 11.1. The third-order valence-corrected chi connectivity index (χ3v) is 3.19. The van der Waals surface area contributed by atoms with E-state index >= 15 is 0 Å². The maximum Gasteiger partial charge on any atom is 0.422 e. The third kappa shape index (κ3) is 4.00. The maximum atomic E-state index is 12.2. The number of nitrogens with two attached hydrogens (primary N) is 1. The van der Waals surface area contributed by atoms with Crippen molar-refractivity contribution in [2.75, 3.05) is 24.6 Å². The summed E-state index contributed by atoms with van der Waals surface area (Å²) in [5.41, 5.74) is 6.49. The normalized spacial score (nSPS) is 16.3. The highest BCUT2D eigenvalue weighted by Gasteiger charge is 2.29. The quantitative estimate of drug-likeness (QED) is 0.925. The molecule has 0 saturated carbocycles. The number of aromatic nitrogens is 1. The molecule has 112 valence electrons. The van der Waals surface area contributed by atoms with Gasteiger partial charge in [0.15, 0.2) is 6.61 Å². The molecule has 1 aromatic rings. The van der Waals surface area contributed by atoms with Crippen molar-refractivity contribution in [3.05, 3.63) is 17.7 Å². The lowest BCUT2D eigenvalue weighted by atomic mass is 10.1. The number of halogens is 3. The van der Waals surface area contributed by atoms with Crippen LogP contribution in [0.25, 0.3) is 0 Å². The molecule has 0 aromatic carbocycles. The Labute approximate surface area is 115 Å². The molecule has 0 atom stereocenters. The van der Waals surface area contributed by atoms with Gasteiger partial charge in [-0.05, 0) is 25.3 Å². The molecule has 1 aliphatic heterocycles. The lowest BCUT2D eigenvalue weighted by Crippen LogP contribution is -2.31. The van der Waals surface area contributed by atoms with E-state index in [9.17, 15) is 13.2 Å². The van der Waals surface area contributed by atoms with Crippen LogP contribution in [0.3, 0.4) is 0 Å². The minimum Gasteiger partial charge on any atom is -0.468 e. The van der Waals surface area contributed by atoms with Gasteiger partial charge in [0, 0.05) is 31.3 Å². The van der Waals surface area contributed by atoms with Crippen LogP contribution in [0.1, 0.15) is 24.8 Å². The highest BCUT2D eigenvalue weighted by Crippen LogP contribution is 2.25. The fraction of sp³-hybridized carbons (Fsp3) is 0.615. The average Bonchev–Trinajstić information content (AvgIpc) is 2.45. The van der Waals surface area contributed by atoms with Crippen LogP contribution in [0.5, 0.6) is 5.88 Å². The summed E-state index contributed by atoms with van der Waals surface area (Å²) in [4.78, 5) is 6.26. The van der Waals surface area contributed by atoms with E-state index in [-0.39, 0.29) is 5.88 Å². The number of alkyl halides is 3. The highest BCUT2D eigenvalue weighted by molar-refractivity contribution is 5.49. The van der Waals surface area contributed by atoms with Gasteiger partial charge in [0.05, 0.1) is 0 Å². The second kappa shape index (κ2) is 6.30. The minimum absolute atomic E-state index is 0.0138. The highest BCUT2D eigenvalue weighted by atomic mass is 19.4. The van der Waals surface area contributed by atoms with Crippen molar-refractivity contribution >= 4 is 5.82 Å². The number of pyridine rings is 1. The van der Waals surface area contributed by atoms with E-state index in [1.165, 1.54) is 12.5 Å². The van der Waals surface area contributed by atoms with Crippen molar-refractivity contribution in [2.45, 2.75) is 32.0 Å². The van der Waals surface area contributed by atoms with Gasteiger partial charge in [0.1, 0.15) is 5.82 Å². The molecule has 1 saturated heterocycles. The standard InChI is InChI=1S/C13H18F3N3O/c14-13(15,16)9-20-11-5-4-10(8-17)12(18-11)19-6-2-1-3-7-19/h4-5H,1-3,6-9,17H2. The summed E-state index contributed by atoms with van der Waals surface area (Å²) in [6, 6.07) is 3.12. The van der Waals surface area contributed by atoms with E-state index in [1.807, 2.05) is 0 Å². The molecule has 0 unspecified atom stereocenters. The molecule has 1 fully saturated rings. The van der Waals surface area contributed by atoms with E-state index in [0.29, 0.717) is 12.4 Å². The van der Waals surface area contributed by atoms with Gasteiger partial charge < -0.3 is 15.4 Å². The van der Waals surface area contributed by atoms with Gasteiger partial charge in [0.2, 0.25) is 5.88 Å². The van der Waals surface area contributed by atoms with Gasteiger partial charge in [-0.3, -0.25) is 0 Å². The predicted molar refractivity (Wildman–Crippen MR) is 69.7 cm³/mol. The number of ether oxygens (including phenoxy) is 1. The molecule has 7 heteroatoms. The zero-order chi connectivity index (χ0) is 14.6. The predicted octanol–water partition coefficient (Wildman–Crippen LogP) is 2.47. The number of hydrogen-bond donors (Lipinski definition) is 1. The van der Waals surface area contributed by atoms with Crippen LogP contribution < -0.4 is 15.4 Å². The Hall–Kier alpha value is -1.50. The lowest BCUT2D eigenvalue weighted by Gasteiger charge is -2.29. The van der Waals surface area contributed by atoms with Gasteiger partial charge in [-0.1, -0.05) is 0 Å². The summed E-state index contributed by atoms with van der Waals surface area (Å²) in [5, 5.41) is 0. The van der Waals surface area contributed by atoms with E-state index in [0.717, 1.165) is 31.5 Å². The zero-order valence-corrected chi connectivity index (χ0v) is 11.1. The number of hydrogen-bond acceptors (Lipinski definition) is 4. The SMILES string of the molecule is NCc1ccc(OCC(F)(F)F)nc1N1CCCCC1. The lowest BCUT2D eigenvalue weighted by molar-refractivity contribution is -0.154. The Bertz CT molecular complexity index is 445. The minimum atomic E-state index is -4.36. The van der Waals surface area contributed by atoms with E-state index in [2.05, 4.69) is 9.88 Å². The maximum absolute atomic E-state index is 12.2. The molecular weight excluding hydrogens is 271 g/mol. The fourth-order valence-electron chi connectivity index (χ4n) is 2.23. The molecule has 0 spiro atoms. The summed E-state index contributed by atoms with van der Waals surface area (Å²) in [7, 11) is 0. The second-order valence-electron chi connectivity index (χ2n) is 4.79. The van der Waals surface area contributed by atoms with E-state index in [4.69, 9.17) is 10.5 Å². The molecule has 0 aliphatic carbocycles. The molecule has 20 heavy (non-hydrogen) atoms. The summed E-state index contributed by atoms with van der Waals surface area (Å²) in [6.07, 6.45) is -1.09. The first-order chi connectivity index (χ1) is 9.49. The second-order valence-corrected chi connectivity index (χ2v) is 4.79. The van der Waals surface area contributed by atoms with E-state index in [1.54, 1.807) is 6.07 Å². The van der Waals surface area contributed by atoms with Crippen molar-refractivity contribution in [3.8, 4) is 5.88 Å². The third-order valence-electron chi connectivity index (χ3n) is 3.19. The number of piperidine rings is 1. The monoisotopic (exact) mass is 289 g/mol. The molecule has 1 aromatic heterocycles. The Morgan fingerprint density at radius 2 is 1.90 bits per heavy atom. The first kappa shape index (κ1) is 14.9. The average molecular weight is 289 g/mol. The van der Waals surface area contributed by atoms with E-state index < -0.39 is 12.8 Å². The van der Waals surface area contributed by atoms with Crippen molar-refractivity contribution in [1.82, 2.24) is 4.98 Å². The van der Waals surface area contributed by atoms with Crippen molar-refractivity contribution in [3.63, 3.8) is 0 Å². The van der Waals surface area contributed by atoms with Crippen LogP contribution in [0, 0.1) is 0 Å². The molecule has 2 heterocycles. The number of nitrogens with zero attached hydrogens (tertiary/aromatic N) is 2. The van der Waals surface area contributed by atoms with Crippen LogP contribution in [0.4, 0.5) is 19.0 Å². The topological polar surface area (TPSA) is 51.4 Å². The molecule has 2 rings (SSSR count). The van der Waals surface area contributed by atoms with Crippen LogP contribution in [-0.4, -0.2) is 30.9 Å². The Kier molecular flexibility index (Phi) is 4.69. The molecule has 0 radical (unpaired) electrons. The summed E-state index contributed by atoms with van der Waals surface area (Å²) < 4.78 is 41.2. The molecule has 2 N–H and O–H groups in total. The summed E-state index contributed by atoms with van der Waals surface area (Å²) >= 11 is 0. The van der Waals surface area contributed by atoms with Crippen LogP contribution in [0.2, 0.25) is 0 Å².